The second-order valence-electron chi connectivity index (χ2n) is 28.5. The molecule has 6 aromatic rings. The van der Waals surface area contributed by atoms with Gasteiger partial charge in [-0.2, -0.15) is 0 Å². The summed E-state index contributed by atoms with van der Waals surface area (Å²) in [5, 5.41) is 118. The third kappa shape index (κ3) is 24.1. The van der Waals surface area contributed by atoms with Gasteiger partial charge >= 0.3 is 11.9 Å². The van der Waals surface area contributed by atoms with Crippen molar-refractivity contribution < 1.29 is 69.5 Å². The molecule has 30 heteroatoms. The first-order valence-corrected chi connectivity index (χ1v) is 37.7. The van der Waals surface area contributed by atoms with Gasteiger partial charge in [0, 0.05) is 50.1 Å². The number of para-hydroxylation sites is 4. The molecule has 2 aromatic heterocycles. The van der Waals surface area contributed by atoms with Crippen LogP contribution in [0, 0.1) is 5.92 Å². The number of esters is 2. The highest BCUT2D eigenvalue weighted by atomic mass is 16.5. The van der Waals surface area contributed by atoms with Gasteiger partial charge in [-0.15, -0.1) is 0 Å². The lowest BCUT2D eigenvalue weighted by Crippen LogP contribution is -2.57. The smallest absolute Gasteiger partial charge is 0.307 e. The predicted octanol–water partition coefficient (Wildman–Crippen LogP) is 4.08. The number of imidazole rings is 2. The Morgan fingerprint density at radius 1 is 0.566 bits per heavy atom. The van der Waals surface area contributed by atoms with Crippen LogP contribution < -0.4 is 42.5 Å². The number of nitrogens with one attached hydrogen (secondary N) is 10. The molecule has 5 unspecified atom stereocenters. The van der Waals surface area contributed by atoms with Crippen molar-refractivity contribution in [3.8, 4) is 0 Å². The molecule has 18 N–H and O–H groups in total. The van der Waals surface area contributed by atoms with Gasteiger partial charge in [-0.05, 0) is 149 Å². The quantitative estimate of drug-likeness (QED) is 0.0146. The second-order valence-corrected chi connectivity index (χ2v) is 28.5. The van der Waals surface area contributed by atoms with Crippen LogP contribution in [0.5, 0.6) is 0 Å². The topological polar surface area (TPSA) is 415 Å². The number of aliphatic hydroxyl groups excluding tert-OH is 8. The Morgan fingerprint density at radius 3 is 1.51 bits per heavy atom. The number of ether oxygens (including phenoxy) is 2. The summed E-state index contributed by atoms with van der Waals surface area (Å²) >= 11 is 0. The van der Waals surface area contributed by atoms with Crippen LogP contribution in [0.1, 0.15) is 171 Å². The van der Waals surface area contributed by atoms with Crippen molar-refractivity contribution >= 4 is 57.2 Å². The van der Waals surface area contributed by atoms with Crippen molar-refractivity contribution in [2.24, 2.45) is 5.92 Å². The van der Waals surface area contributed by atoms with E-state index in [1.807, 2.05) is 116 Å². The summed E-state index contributed by atoms with van der Waals surface area (Å²) in [5.41, 5.74) is 7.67. The maximum absolute atomic E-state index is 14.1. The highest BCUT2D eigenvalue weighted by molar-refractivity contribution is 5.82. The van der Waals surface area contributed by atoms with Crippen LogP contribution in [-0.4, -0.2) is 232 Å². The zero-order chi connectivity index (χ0) is 76.6. The molecule has 2 aliphatic rings. The average Bonchev–Trinajstić information content (AvgIpc) is 1.62. The third-order valence-electron chi connectivity index (χ3n) is 20.0. The van der Waals surface area contributed by atoms with Crippen LogP contribution >= 0.6 is 0 Å². The molecule has 30 nitrogen and oxygen atoms in total. The van der Waals surface area contributed by atoms with Crippen molar-refractivity contribution in [1.29, 1.82) is 0 Å². The summed E-state index contributed by atoms with van der Waals surface area (Å²) in [7, 11) is 6.19. The van der Waals surface area contributed by atoms with E-state index in [-0.39, 0.29) is 44.8 Å². The molecule has 4 aromatic carbocycles. The van der Waals surface area contributed by atoms with E-state index >= 15 is 0 Å². The molecule has 0 fully saturated rings. The van der Waals surface area contributed by atoms with E-state index in [9.17, 15) is 60.0 Å². The molecule has 106 heavy (non-hydrogen) atoms. The van der Waals surface area contributed by atoms with Gasteiger partial charge in [0.1, 0.15) is 61.5 Å². The molecule has 0 bridgehead atoms. The number of anilines is 2. The van der Waals surface area contributed by atoms with E-state index in [1.54, 1.807) is 36.9 Å². The Hall–Kier alpha value is -7.34. The lowest BCUT2D eigenvalue weighted by Gasteiger charge is -2.32. The number of aliphatic hydroxyl groups is 8. The van der Waals surface area contributed by atoms with E-state index in [2.05, 4.69) is 62.5 Å². The van der Waals surface area contributed by atoms with Crippen molar-refractivity contribution in [1.82, 2.24) is 71.4 Å². The van der Waals surface area contributed by atoms with Gasteiger partial charge in [0.15, 0.2) is 0 Å². The van der Waals surface area contributed by atoms with Crippen LogP contribution in [0.4, 0.5) is 11.4 Å². The van der Waals surface area contributed by atoms with Crippen molar-refractivity contribution in [3.63, 3.8) is 0 Å². The van der Waals surface area contributed by atoms with Gasteiger partial charge < -0.3 is 81.6 Å². The first-order chi connectivity index (χ1) is 50.9. The summed E-state index contributed by atoms with van der Waals surface area (Å²) in [6.07, 6.45) is -3.58. The zero-order valence-corrected chi connectivity index (χ0v) is 63.0. The minimum absolute atomic E-state index is 0.113. The minimum atomic E-state index is -1.24. The zero-order valence-electron chi connectivity index (χ0n) is 63.0. The number of hydrogen-bond donors (Lipinski definition) is 18. The lowest BCUT2D eigenvalue weighted by molar-refractivity contribution is -0.143. The highest BCUT2D eigenvalue weighted by Gasteiger charge is 2.36. The number of hydrogen-bond acceptors (Lipinski definition) is 26. The van der Waals surface area contributed by atoms with Gasteiger partial charge in [-0.25, -0.2) is 9.97 Å². The standard InChI is InChI=1S/C76H118N16O14/c1-10-20-57(69(97)77-34-18-36-91-42-49-38-47(29-31-51(49)79-61(75(91)103)40-66(94)105-8)73(101)89(6)44-63-81-53-24-14-15-25-54(53)82-63)87-71(99)59(22-12-3)85-65(93)33-28-46(5)68(96)86-60(23-13-4)72(100)88-58(21-11-2)70(98)78-35-19-37-92-43-50-39-48(30-32-52(50)80-62(76(92)104)41-67(95)106-9)74(102)90(7)45-64-83-55-26-16-17-27-56(55)84-64/h14-17,24-27,29-32,38-39,46,57-62,65,68,70-71,73-76,78-80,85-87,93,96,98-99,101-104H,10-13,18-23,28,33-37,40-45H2,1-9H3,(H,77,97)(H,81,82)(H,83,84)(H,88,100)/t46?,57?,58?,59?,60?,61-,62+,65+,68-,70-,71-,73+,74-,75+,76-/m1/s1. The predicted molar refractivity (Wildman–Crippen MR) is 404 cm³/mol. The van der Waals surface area contributed by atoms with Crippen LogP contribution in [0.15, 0.2) is 84.9 Å². The fourth-order valence-corrected chi connectivity index (χ4v) is 13.9. The van der Waals surface area contributed by atoms with Crippen molar-refractivity contribution in [3.05, 3.63) is 119 Å². The Kier molecular flexibility index (Phi) is 33.3. The Bertz CT molecular complexity index is 3630. The first-order valence-electron chi connectivity index (χ1n) is 37.7. The fraction of sp³-hybridized carbons (Fsp3) is 0.605. The molecule has 2 amide bonds. The molecule has 0 aliphatic carbocycles. The van der Waals surface area contributed by atoms with Crippen LogP contribution in [0.25, 0.3) is 22.1 Å². The molecule has 0 spiro atoms. The van der Waals surface area contributed by atoms with E-state index in [0.29, 0.717) is 138 Å². The van der Waals surface area contributed by atoms with Crippen molar-refractivity contribution in [2.45, 2.75) is 237 Å². The van der Waals surface area contributed by atoms with Crippen LogP contribution in [-0.2, 0) is 54.8 Å². The monoisotopic (exact) mass is 1480 g/mol. The SMILES string of the molecule is CCCC(N[C@H](O)C(C)CC[C@H](O)NC(CCC)[C@@H](O)NC(CCC)C(=O)NCCCN1Cc2cc([C@H](O)N(C)Cc3nc4ccccc4[nH]3)ccc2N[C@H](CC(=O)OC)[C@@H]1O)C(=O)NC(CCC)[C@@H](O)NCCCN1Cc2cc([C@@H](O)N(C)Cc3nc4ccccc4[nH]3)ccc2N[C@@H](CC(=O)OC)[C@H]1O. The number of rotatable bonds is 44. The van der Waals surface area contributed by atoms with Gasteiger partial charge in [0.25, 0.3) is 0 Å². The Labute approximate surface area is 622 Å². The summed E-state index contributed by atoms with van der Waals surface area (Å²) in [5.74, 6) is -0.778. The second kappa shape index (κ2) is 41.8. The number of amides is 2. The Morgan fingerprint density at radius 2 is 1.03 bits per heavy atom. The van der Waals surface area contributed by atoms with E-state index in [4.69, 9.17) is 9.47 Å². The summed E-state index contributed by atoms with van der Waals surface area (Å²) in [4.78, 5) is 76.3. The number of nitrogens with zero attached hydrogens (tertiary/aromatic N) is 6. The summed E-state index contributed by atoms with van der Waals surface area (Å²) in [6.45, 7) is 12.0. The molecule has 8 rings (SSSR count). The largest absolute Gasteiger partial charge is 0.469 e. The number of fused-ring (bicyclic) bond motifs is 4. The maximum Gasteiger partial charge on any atom is 0.307 e. The number of aromatic nitrogens is 4. The normalized spacial score (nSPS) is 19.6. The molecular formula is C76H118N16O14. The molecule has 586 valence electrons. The maximum atomic E-state index is 14.1. The minimum Gasteiger partial charge on any atom is -0.469 e. The van der Waals surface area contributed by atoms with E-state index in [1.165, 1.54) is 14.2 Å². The molecule has 2 aliphatic heterocycles. The number of benzene rings is 4. The van der Waals surface area contributed by atoms with Gasteiger partial charge in [-0.3, -0.25) is 60.0 Å². The Balaban J connectivity index is 0.782. The van der Waals surface area contributed by atoms with Crippen molar-refractivity contribution in [2.75, 3.05) is 65.1 Å². The number of methoxy groups -OCH3 is 2. The summed E-state index contributed by atoms with van der Waals surface area (Å²) < 4.78 is 9.97. The van der Waals surface area contributed by atoms with E-state index < -0.39 is 110 Å². The third-order valence-corrected chi connectivity index (χ3v) is 20.0. The molecule has 0 saturated heterocycles. The van der Waals surface area contributed by atoms with Gasteiger partial charge in [0.2, 0.25) is 11.8 Å². The molecule has 0 saturated carbocycles. The number of carbonyl (C=O) groups is 4. The number of carbonyl (C=O) groups excluding carboxylic acids is 4. The lowest BCUT2D eigenvalue weighted by atomic mass is 10.0. The van der Waals surface area contributed by atoms with Crippen LogP contribution in [0.3, 0.4) is 0 Å². The fourth-order valence-electron chi connectivity index (χ4n) is 13.9. The van der Waals surface area contributed by atoms with Gasteiger partial charge in [0.05, 0.1) is 92.4 Å². The molecule has 15 atom stereocenters. The average molecular weight is 1480 g/mol. The molecule has 0 radical (unpaired) electrons. The van der Waals surface area contributed by atoms with E-state index in [0.717, 1.165) is 33.2 Å². The summed E-state index contributed by atoms with van der Waals surface area (Å²) in [6, 6.07) is 22.0. The molecular weight excluding hydrogens is 1360 g/mol. The molecule has 4 heterocycles. The van der Waals surface area contributed by atoms with Gasteiger partial charge in [-0.1, -0.05) is 96.7 Å². The highest BCUT2D eigenvalue weighted by Crippen LogP contribution is 2.33. The van der Waals surface area contributed by atoms with Crippen LogP contribution in [0.2, 0.25) is 0 Å². The first kappa shape index (κ1) is 84.3. The number of H-pyrrole nitrogens is 2. The number of aromatic amines is 2.